The summed E-state index contributed by atoms with van der Waals surface area (Å²) in [7, 11) is 2.24. The monoisotopic (exact) mass is 447 g/mol. The molecule has 3 rings (SSSR count). The molecule has 0 N–H and O–H groups in total. The Morgan fingerprint density at radius 1 is 0.969 bits per heavy atom. The molecule has 3 aromatic carbocycles. The van der Waals surface area contributed by atoms with Crippen molar-refractivity contribution in [1.29, 1.82) is 0 Å². The van der Waals surface area contributed by atoms with E-state index in [0.717, 1.165) is 23.4 Å². The molecule has 0 aromatic heterocycles. The van der Waals surface area contributed by atoms with Crippen LogP contribution in [0.1, 0.15) is 48.1 Å². The summed E-state index contributed by atoms with van der Waals surface area (Å²) in [4.78, 5) is 4.73. The highest BCUT2D eigenvalue weighted by molar-refractivity contribution is 7.49. The fraction of sp³-hybridized carbons (Fsp3) is 0.321. The van der Waals surface area contributed by atoms with E-state index >= 15 is 0 Å². The van der Waals surface area contributed by atoms with E-state index in [-0.39, 0.29) is 11.9 Å². The molecule has 0 aliphatic carbocycles. The minimum Gasteiger partial charge on any atom is -0.467 e. The fourth-order valence-electron chi connectivity index (χ4n) is 3.92. The Morgan fingerprint density at radius 3 is 2.41 bits per heavy atom. The molecular weight excluding hydrogens is 413 g/mol. The molecule has 0 spiro atoms. The molecule has 0 heterocycles. The zero-order chi connectivity index (χ0) is 23.1. The molecule has 0 saturated carbocycles. The maximum absolute atomic E-state index is 6.08. The summed E-state index contributed by atoms with van der Waals surface area (Å²) in [6, 6.07) is 21.0. The lowest BCUT2D eigenvalue weighted by Crippen LogP contribution is -2.23. The number of aliphatic imine (C=N–C) groups is 1. The van der Waals surface area contributed by atoms with Crippen molar-refractivity contribution < 1.29 is 9.47 Å². The molecule has 2 unspecified atom stereocenters. The molecule has 32 heavy (non-hydrogen) atoms. The molecule has 0 radical (unpaired) electrons. The minimum absolute atomic E-state index is 0.0681. The van der Waals surface area contributed by atoms with Crippen LogP contribution in [0, 0.1) is 20.8 Å². The summed E-state index contributed by atoms with van der Waals surface area (Å²) < 4.78 is 11.3. The summed E-state index contributed by atoms with van der Waals surface area (Å²) in [5, 5.41) is 1.29. The molecule has 3 aromatic rings. The van der Waals surface area contributed by atoms with Crippen LogP contribution in [-0.4, -0.2) is 20.1 Å². The highest BCUT2D eigenvalue weighted by Crippen LogP contribution is 2.49. The Hall–Kier alpha value is -2.48. The largest absolute Gasteiger partial charge is 0.467 e. The lowest BCUT2D eigenvalue weighted by Gasteiger charge is -2.33. The normalized spacial score (nSPS) is 13.7. The molecule has 0 amide bonds. The van der Waals surface area contributed by atoms with Gasteiger partial charge < -0.3 is 9.47 Å². The van der Waals surface area contributed by atoms with E-state index in [4.69, 9.17) is 14.5 Å². The predicted molar refractivity (Wildman–Crippen MR) is 139 cm³/mol. The van der Waals surface area contributed by atoms with Crippen molar-refractivity contribution in [1.82, 2.24) is 0 Å². The molecule has 3 nitrogen and oxygen atoms in total. The Kier molecular flexibility index (Phi) is 8.23. The van der Waals surface area contributed by atoms with Crippen LogP contribution < -0.4 is 10.0 Å². The zero-order valence-corrected chi connectivity index (χ0v) is 21.0. The van der Waals surface area contributed by atoms with Gasteiger partial charge in [0.15, 0.2) is 6.79 Å². The highest BCUT2D eigenvalue weighted by atomic mass is 31.1. The summed E-state index contributed by atoms with van der Waals surface area (Å²) in [5.74, 6) is 0.947. The number of nitrogens with zero attached hydrogens (tertiary/aromatic N) is 1. The molecule has 0 fully saturated rings. The summed E-state index contributed by atoms with van der Waals surface area (Å²) in [6.07, 6.45) is 3.01. The average Bonchev–Trinajstić information content (AvgIpc) is 2.79. The maximum Gasteiger partial charge on any atom is 0.188 e. The van der Waals surface area contributed by atoms with Crippen molar-refractivity contribution >= 4 is 25.8 Å². The van der Waals surface area contributed by atoms with Gasteiger partial charge in [-0.05, 0) is 55.8 Å². The predicted octanol–water partition coefficient (Wildman–Crippen LogP) is 6.97. The van der Waals surface area contributed by atoms with Gasteiger partial charge in [0.05, 0.1) is 5.69 Å². The van der Waals surface area contributed by atoms with Crippen molar-refractivity contribution in [3.8, 4) is 5.75 Å². The van der Waals surface area contributed by atoms with Gasteiger partial charge in [0.25, 0.3) is 0 Å². The van der Waals surface area contributed by atoms with Crippen molar-refractivity contribution in [2.75, 3.05) is 13.9 Å². The van der Waals surface area contributed by atoms with Gasteiger partial charge in [-0.25, -0.2) is 0 Å². The SMILES string of the molecule is CCC(C)(Pc1c(C)cccc1C=Nc1ccccc1)c1cc(C)cc(C)c1OCOC. The van der Waals surface area contributed by atoms with E-state index in [1.807, 2.05) is 36.5 Å². The number of aryl methyl sites for hydroxylation is 3. The van der Waals surface area contributed by atoms with Crippen LogP contribution in [0.15, 0.2) is 65.7 Å². The highest BCUT2D eigenvalue weighted by Gasteiger charge is 2.31. The fourth-order valence-corrected chi connectivity index (χ4v) is 5.54. The van der Waals surface area contributed by atoms with E-state index in [1.54, 1.807) is 7.11 Å². The smallest absolute Gasteiger partial charge is 0.188 e. The van der Waals surface area contributed by atoms with Gasteiger partial charge in [0, 0.05) is 29.6 Å². The second-order valence-electron chi connectivity index (χ2n) is 8.45. The van der Waals surface area contributed by atoms with Crippen LogP contribution in [0.5, 0.6) is 5.75 Å². The molecule has 0 aliphatic heterocycles. The van der Waals surface area contributed by atoms with Crippen molar-refractivity contribution in [2.45, 2.75) is 46.2 Å². The number of benzene rings is 3. The second kappa shape index (κ2) is 10.9. The van der Waals surface area contributed by atoms with E-state index in [2.05, 4.69) is 65.0 Å². The first-order valence-electron chi connectivity index (χ1n) is 11.1. The molecule has 2 atom stereocenters. The van der Waals surface area contributed by atoms with Crippen LogP contribution >= 0.6 is 8.58 Å². The number of para-hydroxylation sites is 1. The Labute approximate surface area is 194 Å². The third-order valence-electron chi connectivity index (χ3n) is 5.86. The Balaban J connectivity index is 2.04. The Morgan fingerprint density at radius 2 is 1.72 bits per heavy atom. The van der Waals surface area contributed by atoms with Crippen LogP contribution in [0.3, 0.4) is 0 Å². The van der Waals surface area contributed by atoms with Gasteiger partial charge in [0.2, 0.25) is 0 Å². The summed E-state index contributed by atoms with van der Waals surface area (Å²) >= 11 is 0. The van der Waals surface area contributed by atoms with E-state index in [1.165, 1.54) is 27.6 Å². The van der Waals surface area contributed by atoms with Gasteiger partial charge >= 0.3 is 0 Å². The second-order valence-corrected chi connectivity index (χ2v) is 10.3. The molecule has 0 aliphatic rings. The van der Waals surface area contributed by atoms with Crippen LogP contribution in [0.25, 0.3) is 0 Å². The van der Waals surface area contributed by atoms with Crippen molar-refractivity contribution in [2.24, 2.45) is 4.99 Å². The Bertz CT molecular complexity index is 1080. The minimum atomic E-state index is -0.0681. The van der Waals surface area contributed by atoms with E-state index in [9.17, 15) is 0 Å². The summed E-state index contributed by atoms with van der Waals surface area (Å²) in [6.45, 7) is 11.3. The molecule has 4 heteroatoms. The maximum atomic E-state index is 6.08. The van der Waals surface area contributed by atoms with Gasteiger partial charge in [-0.3, -0.25) is 4.99 Å². The van der Waals surface area contributed by atoms with Crippen molar-refractivity contribution in [3.05, 3.63) is 88.5 Å². The lowest BCUT2D eigenvalue weighted by atomic mass is 9.92. The van der Waals surface area contributed by atoms with Gasteiger partial charge in [-0.2, -0.15) is 0 Å². The molecule has 168 valence electrons. The lowest BCUT2D eigenvalue weighted by molar-refractivity contribution is 0.0495. The standard InChI is InChI=1S/C28H34NO2P/c1-7-28(5,25-17-20(2)16-22(4)26(25)31-19-30-6)32-27-21(3)12-11-13-23(27)18-29-24-14-9-8-10-15-24/h8-18,32H,7,19H2,1-6H3. The first-order chi connectivity index (χ1) is 15.4. The van der Waals surface area contributed by atoms with Crippen LogP contribution in [0.2, 0.25) is 0 Å². The number of hydrogen-bond acceptors (Lipinski definition) is 3. The number of rotatable bonds is 9. The zero-order valence-electron chi connectivity index (χ0n) is 20.0. The van der Waals surface area contributed by atoms with Gasteiger partial charge in [-0.15, -0.1) is 0 Å². The van der Waals surface area contributed by atoms with E-state index < -0.39 is 0 Å². The number of hydrogen-bond donors (Lipinski definition) is 0. The average molecular weight is 448 g/mol. The third-order valence-corrected chi connectivity index (χ3v) is 7.96. The van der Waals surface area contributed by atoms with Crippen molar-refractivity contribution in [3.63, 3.8) is 0 Å². The van der Waals surface area contributed by atoms with Gasteiger partial charge in [-0.1, -0.05) is 76.5 Å². The van der Waals surface area contributed by atoms with Crippen LogP contribution in [-0.2, 0) is 9.89 Å². The van der Waals surface area contributed by atoms with Gasteiger partial charge in [0.1, 0.15) is 5.75 Å². The first-order valence-corrected chi connectivity index (χ1v) is 12.1. The molecule has 0 saturated heterocycles. The quantitative estimate of drug-likeness (QED) is 0.201. The number of ether oxygens (including phenoxy) is 2. The first kappa shape index (κ1) is 24.2. The molecular formula is C28H34NO2P. The number of methoxy groups -OCH3 is 1. The molecule has 0 bridgehead atoms. The third kappa shape index (κ3) is 5.65. The van der Waals surface area contributed by atoms with E-state index in [0.29, 0.717) is 8.58 Å². The topological polar surface area (TPSA) is 30.8 Å². The summed E-state index contributed by atoms with van der Waals surface area (Å²) in [5.41, 5.74) is 7.09. The van der Waals surface area contributed by atoms with Crippen LogP contribution in [0.4, 0.5) is 5.69 Å².